The van der Waals surface area contributed by atoms with Gasteiger partial charge in [-0.15, -0.1) is 0 Å². The van der Waals surface area contributed by atoms with E-state index in [0.29, 0.717) is 16.5 Å². The van der Waals surface area contributed by atoms with Crippen molar-refractivity contribution in [3.8, 4) is 0 Å². The van der Waals surface area contributed by atoms with Crippen molar-refractivity contribution in [1.29, 1.82) is 0 Å². The Kier molecular flexibility index (Phi) is 2.35. The zero-order chi connectivity index (χ0) is 10.1. The van der Waals surface area contributed by atoms with E-state index in [4.69, 9.17) is 23.2 Å². The van der Waals surface area contributed by atoms with Gasteiger partial charge in [-0.25, -0.2) is 9.97 Å². The van der Waals surface area contributed by atoms with Gasteiger partial charge >= 0.3 is 0 Å². The zero-order valence-corrected chi connectivity index (χ0v) is 8.30. The van der Waals surface area contributed by atoms with E-state index in [-0.39, 0.29) is 10.4 Å². The molecule has 0 bridgehead atoms. The molecule has 0 spiro atoms. The summed E-state index contributed by atoms with van der Waals surface area (Å²) in [6.07, 6.45) is 1.76. The molecule has 2 rings (SSSR count). The van der Waals surface area contributed by atoms with E-state index >= 15 is 0 Å². The topological polar surface area (TPSA) is 42.9 Å². The van der Waals surface area contributed by atoms with Crippen molar-refractivity contribution in [2.45, 2.75) is 0 Å². The SMILES string of the molecule is O=[C]c1ccc2nc(Cl)nc(Cl)c2c1. The molecule has 0 saturated carbocycles. The summed E-state index contributed by atoms with van der Waals surface area (Å²) in [6, 6.07) is 4.81. The van der Waals surface area contributed by atoms with E-state index in [1.54, 1.807) is 24.5 Å². The quantitative estimate of drug-likeness (QED) is 0.553. The number of aromatic nitrogens is 2. The van der Waals surface area contributed by atoms with Crippen LogP contribution < -0.4 is 0 Å². The number of carbonyl (C=O) groups excluding carboxylic acids is 1. The number of benzene rings is 1. The maximum atomic E-state index is 10.4. The van der Waals surface area contributed by atoms with Gasteiger partial charge in [-0.2, -0.15) is 0 Å². The van der Waals surface area contributed by atoms with Crippen LogP contribution in [-0.2, 0) is 4.79 Å². The molecule has 0 atom stereocenters. The standard InChI is InChI=1S/C9H3Cl2N2O/c10-8-6-3-5(4-14)1-2-7(6)12-9(11)13-8/h1-3H. The predicted octanol–water partition coefficient (Wildman–Crippen LogP) is 2.39. The first-order valence-electron chi connectivity index (χ1n) is 3.71. The number of hydrogen-bond acceptors (Lipinski definition) is 3. The molecular weight excluding hydrogens is 223 g/mol. The van der Waals surface area contributed by atoms with E-state index in [1.807, 2.05) is 0 Å². The summed E-state index contributed by atoms with van der Waals surface area (Å²) >= 11 is 11.4. The monoisotopic (exact) mass is 225 g/mol. The molecule has 1 radical (unpaired) electrons. The molecule has 1 heterocycles. The summed E-state index contributed by atoms with van der Waals surface area (Å²) in [5.74, 6) is 0. The highest BCUT2D eigenvalue weighted by Crippen LogP contribution is 2.22. The average Bonchev–Trinajstić information content (AvgIpc) is 2.17. The molecule has 0 aliphatic rings. The molecule has 5 heteroatoms. The van der Waals surface area contributed by atoms with Gasteiger partial charge < -0.3 is 0 Å². The first-order chi connectivity index (χ1) is 6.70. The van der Waals surface area contributed by atoms with Crippen LogP contribution >= 0.6 is 23.2 Å². The van der Waals surface area contributed by atoms with E-state index in [2.05, 4.69) is 9.97 Å². The van der Waals surface area contributed by atoms with Gasteiger partial charge in [0.05, 0.1) is 5.52 Å². The Morgan fingerprint density at radius 1 is 1.21 bits per heavy atom. The maximum absolute atomic E-state index is 10.4. The second-order valence-corrected chi connectivity index (χ2v) is 3.31. The minimum absolute atomic E-state index is 0.0883. The lowest BCUT2D eigenvalue weighted by Gasteiger charge is -1.99. The van der Waals surface area contributed by atoms with Crippen LogP contribution in [0.4, 0.5) is 0 Å². The number of hydrogen-bond donors (Lipinski definition) is 0. The molecule has 0 unspecified atom stereocenters. The highest BCUT2D eigenvalue weighted by atomic mass is 35.5. The number of rotatable bonds is 1. The third kappa shape index (κ3) is 1.56. The van der Waals surface area contributed by atoms with Gasteiger partial charge in [-0.05, 0) is 29.8 Å². The van der Waals surface area contributed by atoms with Crippen molar-refractivity contribution in [1.82, 2.24) is 9.97 Å². The van der Waals surface area contributed by atoms with E-state index in [1.165, 1.54) is 0 Å². The largest absolute Gasteiger partial charge is 0.285 e. The Balaban J connectivity index is 2.81. The van der Waals surface area contributed by atoms with Gasteiger partial charge in [0.2, 0.25) is 11.6 Å². The van der Waals surface area contributed by atoms with Crippen LogP contribution in [0.1, 0.15) is 5.56 Å². The number of halogens is 2. The van der Waals surface area contributed by atoms with E-state index in [9.17, 15) is 4.79 Å². The molecule has 1 aromatic carbocycles. The summed E-state index contributed by atoms with van der Waals surface area (Å²) < 4.78 is 0. The maximum Gasteiger partial charge on any atom is 0.233 e. The van der Waals surface area contributed by atoms with Crippen LogP contribution in [0.25, 0.3) is 10.9 Å². The lowest BCUT2D eigenvalue weighted by Crippen LogP contribution is -1.88. The van der Waals surface area contributed by atoms with Gasteiger partial charge in [0.1, 0.15) is 5.15 Å². The van der Waals surface area contributed by atoms with Gasteiger partial charge in [-0.1, -0.05) is 11.6 Å². The molecule has 0 fully saturated rings. The summed E-state index contributed by atoms with van der Waals surface area (Å²) in [4.78, 5) is 18.1. The number of nitrogens with zero attached hydrogens (tertiary/aromatic N) is 2. The lowest BCUT2D eigenvalue weighted by atomic mass is 10.2. The molecule has 0 saturated heterocycles. The van der Waals surface area contributed by atoms with Gasteiger partial charge in [-0.3, -0.25) is 4.79 Å². The summed E-state index contributed by atoms with van der Waals surface area (Å²) in [6.45, 7) is 0. The molecule has 69 valence electrons. The zero-order valence-electron chi connectivity index (χ0n) is 6.79. The van der Waals surface area contributed by atoms with Gasteiger partial charge in [0, 0.05) is 10.9 Å². The molecule has 1 aromatic heterocycles. The minimum Gasteiger partial charge on any atom is -0.285 e. The van der Waals surface area contributed by atoms with Crippen molar-refractivity contribution in [2.24, 2.45) is 0 Å². The Labute approximate surface area is 89.7 Å². The fraction of sp³-hybridized carbons (Fsp3) is 0. The fourth-order valence-electron chi connectivity index (χ4n) is 1.13. The summed E-state index contributed by atoms with van der Waals surface area (Å²) in [5, 5.41) is 0.916. The van der Waals surface area contributed by atoms with Crippen LogP contribution in [0.5, 0.6) is 0 Å². The Hall–Kier alpha value is -1.19. The average molecular weight is 226 g/mol. The lowest BCUT2D eigenvalue weighted by molar-refractivity contribution is 0.563. The Bertz CT molecular complexity index is 513. The summed E-state index contributed by atoms with van der Waals surface area (Å²) in [7, 11) is 0. The molecule has 0 aliphatic carbocycles. The van der Waals surface area contributed by atoms with Crippen LogP contribution in [0.15, 0.2) is 18.2 Å². The molecule has 0 aliphatic heterocycles. The van der Waals surface area contributed by atoms with Crippen molar-refractivity contribution < 1.29 is 4.79 Å². The smallest absolute Gasteiger partial charge is 0.233 e. The fourth-order valence-corrected chi connectivity index (χ4v) is 1.58. The van der Waals surface area contributed by atoms with Crippen LogP contribution in [0, 0.1) is 0 Å². The molecule has 2 aromatic rings. The second kappa shape index (κ2) is 3.52. The van der Waals surface area contributed by atoms with Crippen LogP contribution in [0.3, 0.4) is 0 Å². The van der Waals surface area contributed by atoms with Crippen molar-refractivity contribution in [3.63, 3.8) is 0 Å². The molecule has 0 amide bonds. The third-order valence-corrected chi connectivity index (χ3v) is 2.20. The third-order valence-electron chi connectivity index (χ3n) is 1.74. The van der Waals surface area contributed by atoms with E-state index in [0.717, 1.165) is 0 Å². The summed E-state index contributed by atoms with van der Waals surface area (Å²) in [5.41, 5.74) is 1.01. The predicted molar refractivity (Wildman–Crippen MR) is 54.4 cm³/mol. The second-order valence-electron chi connectivity index (χ2n) is 2.62. The minimum atomic E-state index is 0.0883. The molecule has 3 nitrogen and oxygen atoms in total. The molecule has 0 N–H and O–H groups in total. The van der Waals surface area contributed by atoms with Crippen molar-refractivity contribution in [3.05, 3.63) is 34.2 Å². The first kappa shape index (κ1) is 9.37. The van der Waals surface area contributed by atoms with Crippen molar-refractivity contribution >= 4 is 40.4 Å². The van der Waals surface area contributed by atoms with Crippen molar-refractivity contribution in [2.75, 3.05) is 0 Å². The van der Waals surface area contributed by atoms with Gasteiger partial charge in [0.25, 0.3) is 0 Å². The van der Waals surface area contributed by atoms with Gasteiger partial charge in [0.15, 0.2) is 0 Å². The Morgan fingerprint density at radius 2 is 2.00 bits per heavy atom. The molecule has 14 heavy (non-hydrogen) atoms. The Morgan fingerprint density at radius 3 is 2.71 bits per heavy atom. The first-order valence-corrected chi connectivity index (χ1v) is 4.47. The van der Waals surface area contributed by atoms with Crippen LogP contribution in [-0.4, -0.2) is 16.3 Å². The number of fused-ring (bicyclic) bond motifs is 1. The highest BCUT2D eigenvalue weighted by molar-refractivity contribution is 6.35. The molecular formula is C9H3Cl2N2O. The highest BCUT2D eigenvalue weighted by Gasteiger charge is 2.05. The normalized spacial score (nSPS) is 10.4. The van der Waals surface area contributed by atoms with E-state index < -0.39 is 0 Å². The van der Waals surface area contributed by atoms with Crippen LogP contribution in [0.2, 0.25) is 10.4 Å².